The fraction of sp³-hybridized carbons (Fsp3) is 0.868. The first-order valence-electron chi connectivity index (χ1n) is 37.4. The predicted octanol–water partition coefficient (Wildman–Crippen LogP) is 24.4. The van der Waals surface area contributed by atoms with Crippen molar-refractivity contribution in [3.63, 3.8) is 0 Å². The molecule has 0 saturated carbocycles. The molecule has 0 radical (unpaired) electrons. The highest BCUT2D eigenvalue weighted by molar-refractivity contribution is 7.47. The molecule has 0 bridgehead atoms. The van der Waals surface area contributed by atoms with E-state index in [1.807, 2.05) is 21.1 Å². The van der Waals surface area contributed by atoms with E-state index in [0.717, 1.165) is 57.8 Å². The molecule has 2 unspecified atom stereocenters. The Balaban J connectivity index is 3.95. The first-order valence-corrected chi connectivity index (χ1v) is 38.9. The standard InChI is InChI=1S/C76H144NO8P/c1-6-8-10-12-14-16-18-20-22-24-26-28-30-32-34-36-37-38-39-41-43-45-47-49-51-53-55-57-59-61-63-65-67-69-76(79)85-74(73-84-86(80,81)83-71-70-77(3,4)5)72-82-75(78)68-66-64-62-60-58-56-54-52-50-48-46-44-42-40-35-33-31-29-27-25-23-21-19-17-15-13-11-9-7-2/h8,10,14,16,20,22,26,28,74H,6-7,9,11-13,15,17-19,21,23-25,27,29-73H2,1-5H3/p+1/b10-8-,16-14-,22-20-,28-26-. The van der Waals surface area contributed by atoms with Gasteiger partial charge in [-0.3, -0.25) is 18.6 Å². The van der Waals surface area contributed by atoms with Crippen LogP contribution in [-0.4, -0.2) is 74.9 Å². The van der Waals surface area contributed by atoms with Crippen molar-refractivity contribution >= 4 is 19.8 Å². The minimum absolute atomic E-state index is 0.0347. The van der Waals surface area contributed by atoms with Gasteiger partial charge in [-0.05, 0) is 51.4 Å². The number of allylic oxidation sites excluding steroid dienone is 8. The van der Waals surface area contributed by atoms with Crippen LogP contribution in [0.1, 0.15) is 373 Å². The van der Waals surface area contributed by atoms with Gasteiger partial charge in [-0.15, -0.1) is 0 Å². The number of hydrogen-bond donors (Lipinski definition) is 1. The molecule has 1 N–H and O–H groups in total. The van der Waals surface area contributed by atoms with Crippen LogP contribution >= 0.6 is 7.82 Å². The zero-order valence-electron chi connectivity index (χ0n) is 57.8. The van der Waals surface area contributed by atoms with Crippen LogP contribution in [0.3, 0.4) is 0 Å². The SMILES string of the molecule is CC/C=C\C/C=C\C/C=C\C/C=C\CCCCCCCCCCCCCCCCCCCCCCC(=O)OC(COC(=O)CCCCCCCCCCCCCCCCCCCCCCCCCCCCCCC)COP(=O)(O)OCC[N+](C)(C)C. The van der Waals surface area contributed by atoms with Crippen LogP contribution in [0.5, 0.6) is 0 Å². The molecule has 0 aromatic rings. The van der Waals surface area contributed by atoms with Crippen molar-refractivity contribution < 1.29 is 42.1 Å². The lowest BCUT2D eigenvalue weighted by atomic mass is 10.0. The van der Waals surface area contributed by atoms with Crippen LogP contribution in [0, 0.1) is 0 Å². The Labute approximate surface area is 534 Å². The summed E-state index contributed by atoms with van der Waals surface area (Å²) < 4.78 is 34.8. The molecule has 2 atom stereocenters. The summed E-state index contributed by atoms with van der Waals surface area (Å²) in [6.07, 6.45) is 88.1. The third-order valence-corrected chi connectivity index (χ3v) is 17.9. The number of ether oxygens (including phenoxy) is 2. The summed E-state index contributed by atoms with van der Waals surface area (Å²) in [6.45, 7) is 4.40. The number of rotatable bonds is 70. The van der Waals surface area contributed by atoms with Gasteiger partial charge in [0.05, 0.1) is 27.7 Å². The summed E-state index contributed by atoms with van der Waals surface area (Å²) in [5, 5.41) is 0. The quantitative estimate of drug-likeness (QED) is 0.0211. The van der Waals surface area contributed by atoms with Gasteiger partial charge in [-0.2, -0.15) is 0 Å². The molecule has 10 heteroatoms. The summed E-state index contributed by atoms with van der Waals surface area (Å²) in [5.41, 5.74) is 0. The van der Waals surface area contributed by atoms with Gasteiger partial charge in [0.2, 0.25) is 0 Å². The van der Waals surface area contributed by atoms with Gasteiger partial charge in [0.1, 0.15) is 19.8 Å². The Hall–Kier alpha value is -2.03. The van der Waals surface area contributed by atoms with E-state index in [9.17, 15) is 19.0 Å². The Bertz CT molecular complexity index is 1590. The molecule has 0 aliphatic heterocycles. The molecule has 0 heterocycles. The Morgan fingerprint density at radius 3 is 0.988 bits per heavy atom. The number of carbonyl (C=O) groups is 2. The van der Waals surface area contributed by atoms with Crippen LogP contribution in [0.4, 0.5) is 0 Å². The largest absolute Gasteiger partial charge is 0.472 e. The molecule has 86 heavy (non-hydrogen) atoms. The fourth-order valence-electron chi connectivity index (χ4n) is 11.2. The van der Waals surface area contributed by atoms with Crippen molar-refractivity contribution in [3.8, 4) is 0 Å². The smallest absolute Gasteiger partial charge is 0.462 e. The van der Waals surface area contributed by atoms with E-state index in [0.29, 0.717) is 23.9 Å². The number of phosphoric ester groups is 1. The van der Waals surface area contributed by atoms with E-state index in [-0.39, 0.29) is 25.6 Å². The van der Waals surface area contributed by atoms with Gasteiger partial charge in [-0.1, -0.05) is 358 Å². The third kappa shape index (κ3) is 71.1. The maximum atomic E-state index is 12.9. The number of quaternary nitrogens is 1. The number of carbonyl (C=O) groups excluding carboxylic acids is 2. The minimum Gasteiger partial charge on any atom is -0.462 e. The zero-order chi connectivity index (χ0) is 62.6. The van der Waals surface area contributed by atoms with Gasteiger partial charge < -0.3 is 18.9 Å². The molecule has 0 aliphatic carbocycles. The normalized spacial score (nSPS) is 13.3. The van der Waals surface area contributed by atoms with Crippen LogP contribution in [0.15, 0.2) is 48.6 Å². The molecule has 0 rings (SSSR count). The Morgan fingerprint density at radius 1 is 0.372 bits per heavy atom. The number of phosphoric acid groups is 1. The molecule has 0 aromatic carbocycles. The lowest BCUT2D eigenvalue weighted by Gasteiger charge is -2.24. The van der Waals surface area contributed by atoms with E-state index in [2.05, 4.69) is 62.5 Å². The topological polar surface area (TPSA) is 108 Å². The van der Waals surface area contributed by atoms with Crippen molar-refractivity contribution in [1.29, 1.82) is 0 Å². The first kappa shape index (κ1) is 84.0. The highest BCUT2D eigenvalue weighted by Gasteiger charge is 2.27. The highest BCUT2D eigenvalue weighted by atomic mass is 31.2. The van der Waals surface area contributed by atoms with Crippen LogP contribution in [-0.2, 0) is 32.7 Å². The van der Waals surface area contributed by atoms with E-state index < -0.39 is 26.5 Å². The van der Waals surface area contributed by atoms with Crippen LogP contribution in [0.2, 0.25) is 0 Å². The summed E-state index contributed by atoms with van der Waals surface area (Å²) in [5.74, 6) is -0.773. The monoisotopic (exact) mass is 1230 g/mol. The lowest BCUT2D eigenvalue weighted by molar-refractivity contribution is -0.870. The fourth-order valence-corrected chi connectivity index (χ4v) is 11.9. The van der Waals surface area contributed by atoms with Gasteiger partial charge in [-0.25, -0.2) is 4.57 Å². The maximum absolute atomic E-state index is 12.9. The van der Waals surface area contributed by atoms with E-state index >= 15 is 0 Å². The third-order valence-electron chi connectivity index (χ3n) is 16.9. The maximum Gasteiger partial charge on any atom is 0.472 e. The number of hydrogen-bond acceptors (Lipinski definition) is 7. The predicted molar refractivity (Wildman–Crippen MR) is 372 cm³/mol. The van der Waals surface area contributed by atoms with Gasteiger partial charge in [0, 0.05) is 12.8 Å². The van der Waals surface area contributed by atoms with E-state index in [1.165, 1.54) is 283 Å². The summed E-state index contributed by atoms with van der Waals surface area (Å²) >= 11 is 0. The number of unbranched alkanes of at least 4 members (excludes halogenated alkanes) is 48. The number of likely N-dealkylation sites (N-methyl/N-ethyl adjacent to an activating group) is 1. The summed E-state index contributed by atoms with van der Waals surface area (Å²) in [6, 6.07) is 0. The number of nitrogens with zero attached hydrogens (tertiary/aromatic N) is 1. The first-order chi connectivity index (χ1) is 42.0. The summed E-state index contributed by atoms with van der Waals surface area (Å²) in [7, 11) is 1.50. The Morgan fingerprint density at radius 2 is 0.663 bits per heavy atom. The van der Waals surface area contributed by atoms with Gasteiger partial charge >= 0.3 is 19.8 Å². The molecule has 0 amide bonds. The average Bonchev–Trinajstić information content (AvgIpc) is 3.70. The molecule has 0 fully saturated rings. The molecule has 0 spiro atoms. The van der Waals surface area contributed by atoms with Gasteiger partial charge in [0.15, 0.2) is 6.10 Å². The lowest BCUT2D eigenvalue weighted by Crippen LogP contribution is -2.37. The van der Waals surface area contributed by atoms with Crippen molar-refractivity contribution in [1.82, 2.24) is 0 Å². The molecular formula is C76H145NO8P+. The average molecular weight is 1230 g/mol. The van der Waals surface area contributed by atoms with E-state index in [4.69, 9.17) is 18.5 Å². The van der Waals surface area contributed by atoms with Crippen molar-refractivity contribution in [2.24, 2.45) is 0 Å². The molecule has 506 valence electrons. The van der Waals surface area contributed by atoms with Gasteiger partial charge in [0.25, 0.3) is 0 Å². The van der Waals surface area contributed by atoms with Crippen LogP contribution < -0.4 is 0 Å². The molecule has 9 nitrogen and oxygen atoms in total. The van der Waals surface area contributed by atoms with E-state index in [1.54, 1.807) is 0 Å². The second-order valence-electron chi connectivity index (χ2n) is 26.7. The minimum atomic E-state index is -4.39. The molecule has 0 aliphatic rings. The zero-order valence-corrected chi connectivity index (χ0v) is 58.7. The van der Waals surface area contributed by atoms with Crippen molar-refractivity contribution in [3.05, 3.63) is 48.6 Å². The molecular weight excluding hydrogens is 1090 g/mol. The second-order valence-corrected chi connectivity index (χ2v) is 28.1. The van der Waals surface area contributed by atoms with Crippen LogP contribution in [0.25, 0.3) is 0 Å². The molecule has 0 saturated heterocycles. The van der Waals surface area contributed by atoms with Crippen molar-refractivity contribution in [2.75, 3.05) is 47.5 Å². The van der Waals surface area contributed by atoms with Crippen molar-refractivity contribution in [2.45, 2.75) is 380 Å². The number of esters is 2. The second kappa shape index (κ2) is 67.4. The summed E-state index contributed by atoms with van der Waals surface area (Å²) in [4.78, 5) is 35.9. The highest BCUT2D eigenvalue weighted by Crippen LogP contribution is 2.43. The Kier molecular flexibility index (Phi) is 65.8. The molecule has 0 aromatic heterocycles.